The van der Waals surface area contributed by atoms with Gasteiger partial charge in [0.2, 0.25) is 5.91 Å². The van der Waals surface area contributed by atoms with Gasteiger partial charge in [0.15, 0.2) is 0 Å². The molecule has 0 fully saturated rings. The van der Waals surface area contributed by atoms with Crippen LogP contribution in [0.2, 0.25) is 0 Å². The van der Waals surface area contributed by atoms with Gasteiger partial charge < -0.3 is 10.1 Å². The Labute approximate surface area is 122 Å². The zero-order chi connectivity index (χ0) is 14.2. The highest BCUT2D eigenvalue weighted by Gasteiger charge is 1.98. The Morgan fingerprint density at radius 3 is 2.45 bits per heavy atom. The zero-order valence-corrected chi connectivity index (χ0v) is 11.9. The summed E-state index contributed by atoms with van der Waals surface area (Å²) in [5.74, 6) is 0.608. The molecule has 20 heavy (non-hydrogen) atoms. The third kappa shape index (κ3) is 4.48. The van der Waals surface area contributed by atoms with Crippen LogP contribution in [0.3, 0.4) is 0 Å². The third-order valence-electron chi connectivity index (χ3n) is 2.52. The smallest absolute Gasteiger partial charge is 0.248 e. The Balaban J connectivity index is 1.85. The number of anilines is 1. The highest BCUT2D eigenvalue weighted by Crippen LogP contribution is 2.18. The van der Waals surface area contributed by atoms with Crippen molar-refractivity contribution in [2.45, 2.75) is 4.90 Å². The van der Waals surface area contributed by atoms with Crippen molar-refractivity contribution in [3.8, 4) is 5.75 Å². The molecule has 0 spiro atoms. The number of nitrogens with one attached hydrogen (secondary N) is 1. The second kappa shape index (κ2) is 7.40. The normalized spacial score (nSPS) is 10.4. The molecule has 0 unspecified atom stereocenters. The minimum Gasteiger partial charge on any atom is -0.497 e. The molecule has 0 atom stereocenters. The summed E-state index contributed by atoms with van der Waals surface area (Å²) in [5, 5.41) is 4.56. The molecule has 0 heterocycles. The van der Waals surface area contributed by atoms with Crippen LogP contribution in [0.1, 0.15) is 0 Å². The quantitative estimate of drug-likeness (QED) is 0.668. The van der Waals surface area contributed by atoms with Crippen LogP contribution in [0.4, 0.5) is 5.69 Å². The van der Waals surface area contributed by atoms with Crippen molar-refractivity contribution in [3.05, 3.63) is 66.1 Å². The monoisotopic (exact) mass is 285 g/mol. The second-order valence-corrected chi connectivity index (χ2v) is 4.93. The molecule has 1 N–H and O–H groups in total. The van der Waals surface area contributed by atoms with Crippen LogP contribution in [-0.4, -0.2) is 13.0 Å². The summed E-state index contributed by atoms with van der Waals surface area (Å²) in [6.45, 7) is 0. The number of carbonyl (C=O) groups excluding carboxylic acids is 1. The fourth-order valence-corrected chi connectivity index (χ4v) is 2.19. The fraction of sp³-hybridized carbons (Fsp3) is 0.0625. The largest absolute Gasteiger partial charge is 0.497 e. The Hall–Kier alpha value is -2.20. The van der Waals surface area contributed by atoms with Gasteiger partial charge in [-0.3, -0.25) is 4.79 Å². The summed E-state index contributed by atoms with van der Waals surface area (Å²) in [7, 11) is 1.61. The molecule has 0 radical (unpaired) electrons. The number of thioether (sulfide) groups is 1. The van der Waals surface area contributed by atoms with E-state index in [1.165, 1.54) is 17.8 Å². The van der Waals surface area contributed by atoms with Gasteiger partial charge in [-0.2, -0.15) is 0 Å². The summed E-state index contributed by atoms with van der Waals surface area (Å²) < 4.78 is 5.06. The van der Waals surface area contributed by atoms with Crippen molar-refractivity contribution >= 4 is 23.4 Å². The number of benzene rings is 2. The molecule has 0 saturated heterocycles. The molecule has 0 bridgehead atoms. The summed E-state index contributed by atoms with van der Waals surface area (Å²) in [6, 6.07) is 17.1. The molecule has 0 saturated carbocycles. The molecule has 2 aromatic rings. The van der Waals surface area contributed by atoms with E-state index in [1.807, 2.05) is 30.3 Å². The van der Waals surface area contributed by atoms with E-state index in [0.717, 1.165) is 16.3 Å². The van der Waals surface area contributed by atoms with Crippen LogP contribution in [0.5, 0.6) is 5.75 Å². The molecule has 3 nitrogen and oxygen atoms in total. The maximum Gasteiger partial charge on any atom is 0.248 e. The standard InChI is InChI=1S/C16H15NO2S/c1-19-14-9-7-13(8-10-14)17-16(18)11-12-20-15-5-3-2-4-6-15/h2-12H,1H3,(H,17,18). The summed E-state index contributed by atoms with van der Waals surface area (Å²) >= 11 is 1.50. The van der Waals surface area contributed by atoms with Crippen LogP contribution >= 0.6 is 11.8 Å². The Bertz CT molecular complexity index is 579. The van der Waals surface area contributed by atoms with Gasteiger partial charge in [-0.1, -0.05) is 30.0 Å². The highest BCUT2D eigenvalue weighted by atomic mass is 32.2. The van der Waals surface area contributed by atoms with E-state index in [2.05, 4.69) is 5.32 Å². The van der Waals surface area contributed by atoms with Crippen molar-refractivity contribution in [2.75, 3.05) is 12.4 Å². The third-order valence-corrected chi connectivity index (χ3v) is 3.34. The first-order valence-corrected chi connectivity index (χ1v) is 6.99. The first kappa shape index (κ1) is 14.2. The molecule has 2 rings (SSSR count). The SMILES string of the molecule is COc1ccc(NC(=O)C=CSc2ccccc2)cc1. The van der Waals surface area contributed by atoms with Crippen molar-refractivity contribution in [2.24, 2.45) is 0 Å². The number of amides is 1. The van der Waals surface area contributed by atoms with Gasteiger partial charge in [0.25, 0.3) is 0 Å². The van der Waals surface area contributed by atoms with Gasteiger partial charge in [-0.05, 0) is 41.8 Å². The topological polar surface area (TPSA) is 38.3 Å². The number of methoxy groups -OCH3 is 1. The predicted molar refractivity (Wildman–Crippen MR) is 83.1 cm³/mol. The number of carbonyl (C=O) groups is 1. The molecule has 0 aliphatic carbocycles. The van der Waals surface area contributed by atoms with Crippen molar-refractivity contribution < 1.29 is 9.53 Å². The van der Waals surface area contributed by atoms with E-state index >= 15 is 0 Å². The van der Waals surface area contributed by atoms with Crippen LogP contribution in [-0.2, 0) is 4.79 Å². The lowest BCUT2D eigenvalue weighted by molar-refractivity contribution is -0.111. The lowest BCUT2D eigenvalue weighted by Gasteiger charge is -2.03. The minimum absolute atomic E-state index is 0.154. The maximum absolute atomic E-state index is 11.7. The van der Waals surface area contributed by atoms with Gasteiger partial charge in [0.05, 0.1) is 7.11 Å². The van der Waals surface area contributed by atoms with Gasteiger partial charge in [-0.15, -0.1) is 0 Å². The number of rotatable bonds is 5. The average Bonchev–Trinajstić information content (AvgIpc) is 2.49. The van der Waals surface area contributed by atoms with Gasteiger partial charge >= 0.3 is 0 Å². The molecule has 1 amide bonds. The van der Waals surface area contributed by atoms with E-state index < -0.39 is 0 Å². The number of ether oxygens (including phenoxy) is 1. The van der Waals surface area contributed by atoms with E-state index in [-0.39, 0.29) is 5.91 Å². The first-order chi connectivity index (χ1) is 9.78. The van der Waals surface area contributed by atoms with Crippen molar-refractivity contribution in [1.29, 1.82) is 0 Å². The maximum atomic E-state index is 11.7. The molecule has 0 aromatic heterocycles. The zero-order valence-electron chi connectivity index (χ0n) is 11.1. The van der Waals surface area contributed by atoms with Crippen molar-refractivity contribution in [1.82, 2.24) is 0 Å². The highest BCUT2D eigenvalue weighted by molar-refractivity contribution is 8.02. The van der Waals surface area contributed by atoms with E-state index in [4.69, 9.17) is 4.74 Å². The predicted octanol–water partition coefficient (Wildman–Crippen LogP) is 3.94. The molecule has 2 aromatic carbocycles. The van der Waals surface area contributed by atoms with Gasteiger partial charge in [0.1, 0.15) is 5.75 Å². The lowest BCUT2D eigenvalue weighted by atomic mass is 10.3. The van der Waals surface area contributed by atoms with Crippen molar-refractivity contribution in [3.63, 3.8) is 0 Å². The molecule has 0 aliphatic rings. The molecule has 4 heteroatoms. The van der Waals surface area contributed by atoms with E-state index in [9.17, 15) is 4.79 Å². The second-order valence-electron chi connectivity index (χ2n) is 3.95. The number of hydrogen-bond donors (Lipinski definition) is 1. The summed E-state index contributed by atoms with van der Waals surface area (Å²) in [4.78, 5) is 12.8. The van der Waals surface area contributed by atoms with Crippen LogP contribution in [0.15, 0.2) is 71.0 Å². The number of hydrogen-bond acceptors (Lipinski definition) is 3. The molecular formula is C16H15NO2S. The average molecular weight is 285 g/mol. The molecule has 0 aliphatic heterocycles. The summed E-state index contributed by atoms with van der Waals surface area (Å²) in [5.41, 5.74) is 0.741. The Kier molecular flexibility index (Phi) is 5.26. The summed E-state index contributed by atoms with van der Waals surface area (Å²) in [6.07, 6.45) is 1.52. The minimum atomic E-state index is -0.154. The Morgan fingerprint density at radius 2 is 1.80 bits per heavy atom. The lowest BCUT2D eigenvalue weighted by Crippen LogP contribution is -2.07. The fourth-order valence-electron chi connectivity index (χ4n) is 1.53. The van der Waals surface area contributed by atoms with Crippen LogP contribution < -0.4 is 10.1 Å². The van der Waals surface area contributed by atoms with Gasteiger partial charge in [0, 0.05) is 16.7 Å². The molecule has 102 valence electrons. The van der Waals surface area contributed by atoms with Gasteiger partial charge in [-0.25, -0.2) is 0 Å². The van der Waals surface area contributed by atoms with Crippen LogP contribution in [0, 0.1) is 0 Å². The molecular weight excluding hydrogens is 270 g/mol. The first-order valence-electron chi connectivity index (χ1n) is 6.11. The van der Waals surface area contributed by atoms with Crippen LogP contribution in [0.25, 0.3) is 0 Å². The van der Waals surface area contributed by atoms with E-state index in [0.29, 0.717) is 0 Å². The Morgan fingerprint density at radius 1 is 1.10 bits per heavy atom. The van der Waals surface area contributed by atoms with E-state index in [1.54, 1.807) is 36.8 Å².